The number of nitrogen functional groups attached to an aromatic ring is 1. The Hall–Kier alpha value is -1.17. The Kier molecular flexibility index (Phi) is 3.61. The molecule has 0 bridgehead atoms. The molecule has 1 fully saturated rings. The molecule has 2 rings (SSSR count). The normalized spacial score (nSPS) is 28.9. The van der Waals surface area contributed by atoms with Gasteiger partial charge in [-0.15, -0.1) is 10.2 Å². The van der Waals surface area contributed by atoms with E-state index in [1.54, 1.807) is 0 Å². The molecule has 0 saturated heterocycles. The second-order valence-corrected chi connectivity index (χ2v) is 5.80. The van der Waals surface area contributed by atoms with Crippen molar-refractivity contribution in [1.82, 2.24) is 15.5 Å². The van der Waals surface area contributed by atoms with Gasteiger partial charge in [0.05, 0.1) is 0 Å². The highest BCUT2D eigenvalue weighted by Gasteiger charge is 2.29. The summed E-state index contributed by atoms with van der Waals surface area (Å²) in [6.45, 7) is 4.44. The van der Waals surface area contributed by atoms with E-state index < -0.39 is 0 Å². The minimum Gasteiger partial charge on any atom is -0.374 e. The first-order valence-corrected chi connectivity index (χ1v) is 6.79. The molecule has 0 spiro atoms. The quantitative estimate of drug-likeness (QED) is 0.841. The molecule has 17 heavy (non-hydrogen) atoms. The lowest BCUT2D eigenvalue weighted by atomic mass is 9.78. The van der Waals surface area contributed by atoms with Crippen molar-refractivity contribution in [2.75, 3.05) is 5.73 Å². The zero-order chi connectivity index (χ0) is 12.4. The van der Waals surface area contributed by atoms with E-state index in [9.17, 15) is 4.79 Å². The smallest absolute Gasteiger partial charge is 0.282 e. The van der Waals surface area contributed by atoms with Crippen molar-refractivity contribution in [3.8, 4) is 0 Å². The van der Waals surface area contributed by atoms with E-state index in [1.807, 2.05) is 0 Å². The van der Waals surface area contributed by atoms with Gasteiger partial charge in [-0.2, -0.15) is 0 Å². The molecule has 0 aromatic carbocycles. The molecule has 1 heterocycles. The minimum atomic E-state index is -0.148. The zero-order valence-corrected chi connectivity index (χ0v) is 11.0. The van der Waals surface area contributed by atoms with E-state index in [0.29, 0.717) is 22.0 Å². The topological polar surface area (TPSA) is 80.9 Å². The van der Waals surface area contributed by atoms with Crippen molar-refractivity contribution in [3.05, 3.63) is 5.01 Å². The third-order valence-electron chi connectivity index (χ3n) is 3.66. The van der Waals surface area contributed by atoms with Crippen molar-refractivity contribution in [2.45, 2.75) is 39.2 Å². The first kappa shape index (κ1) is 12.3. The van der Waals surface area contributed by atoms with Gasteiger partial charge < -0.3 is 11.1 Å². The SMILES string of the molecule is CC1CCCC(NC(=O)c2nnc(N)s2)C1C. The largest absolute Gasteiger partial charge is 0.374 e. The number of hydrogen-bond donors (Lipinski definition) is 2. The van der Waals surface area contributed by atoms with Gasteiger partial charge in [-0.25, -0.2) is 0 Å². The third kappa shape index (κ3) is 2.74. The van der Waals surface area contributed by atoms with E-state index in [1.165, 1.54) is 12.8 Å². The Labute approximate surface area is 105 Å². The van der Waals surface area contributed by atoms with Crippen LogP contribution in [-0.4, -0.2) is 22.1 Å². The van der Waals surface area contributed by atoms with E-state index >= 15 is 0 Å². The van der Waals surface area contributed by atoms with Crippen LogP contribution in [0, 0.1) is 11.8 Å². The molecule has 3 N–H and O–H groups in total. The molecule has 94 valence electrons. The Morgan fingerprint density at radius 1 is 1.41 bits per heavy atom. The molecule has 1 aromatic rings. The number of rotatable bonds is 2. The summed E-state index contributed by atoms with van der Waals surface area (Å²) >= 11 is 1.13. The predicted octanol–water partition coefficient (Wildman–Crippen LogP) is 1.67. The number of aromatic nitrogens is 2. The monoisotopic (exact) mass is 254 g/mol. The fourth-order valence-corrected chi connectivity index (χ4v) is 2.86. The zero-order valence-electron chi connectivity index (χ0n) is 10.1. The standard InChI is InChI=1S/C11H18N4OS/c1-6-4-3-5-8(7(6)2)13-9(16)10-14-15-11(12)17-10/h6-8H,3-5H2,1-2H3,(H2,12,15)(H,13,16). The number of amides is 1. The van der Waals surface area contributed by atoms with Crippen molar-refractivity contribution in [1.29, 1.82) is 0 Å². The number of nitrogens with zero attached hydrogens (tertiary/aromatic N) is 2. The van der Waals surface area contributed by atoms with Crippen LogP contribution in [-0.2, 0) is 0 Å². The summed E-state index contributed by atoms with van der Waals surface area (Å²) in [5.74, 6) is 1.02. The molecule has 3 unspecified atom stereocenters. The lowest BCUT2D eigenvalue weighted by molar-refractivity contribution is 0.0890. The second kappa shape index (κ2) is 5.00. The van der Waals surface area contributed by atoms with E-state index in [4.69, 9.17) is 5.73 Å². The van der Waals surface area contributed by atoms with Crippen LogP contribution < -0.4 is 11.1 Å². The fraction of sp³-hybridized carbons (Fsp3) is 0.727. The van der Waals surface area contributed by atoms with Gasteiger partial charge in [-0.05, 0) is 18.3 Å². The van der Waals surface area contributed by atoms with Crippen molar-refractivity contribution in [3.63, 3.8) is 0 Å². The van der Waals surface area contributed by atoms with Crippen molar-refractivity contribution < 1.29 is 4.79 Å². The highest BCUT2D eigenvalue weighted by Crippen LogP contribution is 2.29. The van der Waals surface area contributed by atoms with Crippen LogP contribution in [0.15, 0.2) is 0 Å². The van der Waals surface area contributed by atoms with Crippen LogP contribution in [0.25, 0.3) is 0 Å². The summed E-state index contributed by atoms with van der Waals surface area (Å²) in [6, 6.07) is 0.247. The lowest BCUT2D eigenvalue weighted by Crippen LogP contribution is -2.43. The molecule has 1 saturated carbocycles. The highest BCUT2D eigenvalue weighted by molar-refractivity contribution is 7.16. The third-order valence-corrected chi connectivity index (χ3v) is 4.41. The Balaban J connectivity index is 1.98. The highest BCUT2D eigenvalue weighted by atomic mass is 32.1. The maximum absolute atomic E-state index is 11.9. The number of carbonyl (C=O) groups is 1. The van der Waals surface area contributed by atoms with Crippen LogP contribution >= 0.6 is 11.3 Å². The number of hydrogen-bond acceptors (Lipinski definition) is 5. The molecule has 0 aliphatic heterocycles. The van der Waals surface area contributed by atoms with Crippen LogP contribution in [0.1, 0.15) is 42.9 Å². The number of anilines is 1. The van der Waals surface area contributed by atoms with Gasteiger partial charge in [0.1, 0.15) is 0 Å². The Bertz CT molecular complexity index is 406. The lowest BCUT2D eigenvalue weighted by Gasteiger charge is -2.34. The maximum atomic E-state index is 11.9. The average Bonchev–Trinajstić information content (AvgIpc) is 2.72. The molecule has 6 heteroatoms. The van der Waals surface area contributed by atoms with Gasteiger partial charge in [0, 0.05) is 6.04 Å². The predicted molar refractivity (Wildman–Crippen MR) is 67.8 cm³/mol. The van der Waals surface area contributed by atoms with E-state index in [0.717, 1.165) is 17.8 Å². The molecule has 3 atom stereocenters. The number of nitrogens with two attached hydrogens (primary N) is 1. The summed E-state index contributed by atoms with van der Waals surface area (Å²) in [5.41, 5.74) is 5.46. The maximum Gasteiger partial charge on any atom is 0.282 e. The first-order chi connectivity index (χ1) is 8.08. The van der Waals surface area contributed by atoms with Crippen LogP contribution in [0.3, 0.4) is 0 Å². The fourth-order valence-electron chi connectivity index (χ4n) is 2.34. The Morgan fingerprint density at radius 2 is 2.18 bits per heavy atom. The molecular formula is C11H18N4OS. The summed E-state index contributed by atoms with van der Waals surface area (Å²) in [7, 11) is 0. The molecule has 5 nitrogen and oxygen atoms in total. The minimum absolute atomic E-state index is 0.148. The summed E-state index contributed by atoms with van der Waals surface area (Å²) < 4.78 is 0. The molecular weight excluding hydrogens is 236 g/mol. The first-order valence-electron chi connectivity index (χ1n) is 5.97. The van der Waals surface area contributed by atoms with Crippen molar-refractivity contribution in [2.24, 2.45) is 11.8 Å². The summed E-state index contributed by atoms with van der Waals surface area (Å²) in [5, 5.41) is 11.1. The van der Waals surface area contributed by atoms with Crippen molar-refractivity contribution >= 4 is 22.4 Å². The second-order valence-electron chi connectivity index (χ2n) is 4.79. The number of carbonyl (C=O) groups excluding carboxylic acids is 1. The Morgan fingerprint density at radius 3 is 2.82 bits per heavy atom. The van der Waals surface area contributed by atoms with E-state index in [-0.39, 0.29) is 11.9 Å². The van der Waals surface area contributed by atoms with Gasteiger partial charge in [-0.1, -0.05) is 38.0 Å². The van der Waals surface area contributed by atoms with Gasteiger partial charge in [-0.3, -0.25) is 4.79 Å². The molecule has 1 aromatic heterocycles. The van der Waals surface area contributed by atoms with Gasteiger partial charge in [0.2, 0.25) is 10.1 Å². The molecule has 1 amide bonds. The van der Waals surface area contributed by atoms with Gasteiger partial charge in [0.15, 0.2) is 0 Å². The van der Waals surface area contributed by atoms with Gasteiger partial charge >= 0.3 is 0 Å². The van der Waals surface area contributed by atoms with Gasteiger partial charge in [0.25, 0.3) is 5.91 Å². The van der Waals surface area contributed by atoms with Crippen LogP contribution in [0.5, 0.6) is 0 Å². The molecule has 1 aliphatic carbocycles. The molecule has 1 aliphatic rings. The van der Waals surface area contributed by atoms with E-state index in [2.05, 4.69) is 29.4 Å². The van der Waals surface area contributed by atoms with Crippen LogP contribution in [0.4, 0.5) is 5.13 Å². The average molecular weight is 254 g/mol. The molecule has 0 radical (unpaired) electrons. The number of nitrogens with one attached hydrogen (secondary N) is 1. The van der Waals surface area contributed by atoms with Crippen LogP contribution in [0.2, 0.25) is 0 Å². The summed E-state index contributed by atoms with van der Waals surface area (Å²) in [4.78, 5) is 11.9. The summed E-state index contributed by atoms with van der Waals surface area (Å²) in [6.07, 6.45) is 3.47.